The number of hydrogen-bond acceptors (Lipinski definition) is 12. The van der Waals surface area contributed by atoms with Gasteiger partial charge in [-0.2, -0.15) is 0 Å². The monoisotopic (exact) mass is 912 g/mol. The zero-order chi connectivity index (χ0) is 48.2. The molecular weight excluding hydrogens is 831 g/mol. The summed E-state index contributed by atoms with van der Waals surface area (Å²) in [4.78, 5) is 71.9. The van der Waals surface area contributed by atoms with E-state index < -0.39 is 77.8 Å². The fourth-order valence-corrected chi connectivity index (χ4v) is 10.4. The molecule has 366 valence electrons. The standard InChI is InChI=1S/C52H81NO12/c1-31-17-13-12-14-18-32(2)44(62-10)29-40-23-21-38(8)52(60,65-40)49(57)50(58)53-24-16-15-19-41(53)51(59)64-45(35(5)27-39-22-20-33(3)43(28-39)61-9)30-42(54)34(4)26-37(7)47(56)48(63-11)46(55)36(6)25-31/h12-14,17-18,26,31,33-36,38-41,43-45,47-48,56,60H,15-16,19-25,27-30H2,1-11H3/b14-12+,17-13+,32-18+,37-26+/t31-,33-,34-,35-,36?,38-,39+,40+,41?,43-,44+,45+,47-,48?,52-/m1/s1. The Labute approximate surface area is 388 Å². The summed E-state index contributed by atoms with van der Waals surface area (Å²) in [5.74, 6) is -7.07. The van der Waals surface area contributed by atoms with Crippen LogP contribution in [0.5, 0.6) is 0 Å². The highest BCUT2D eigenvalue weighted by Gasteiger charge is 2.53. The maximum Gasteiger partial charge on any atom is 0.329 e. The fourth-order valence-electron chi connectivity index (χ4n) is 10.4. The first-order valence-electron chi connectivity index (χ1n) is 24.2. The Balaban J connectivity index is 1.70. The van der Waals surface area contributed by atoms with Crippen LogP contribution in [0.15, 0.2) is 47.6 Å². The number of carbonyl (C=O) groups is 5. The third-order valence-corrected chi connectivity index (χ3v) is 14.8. The van der Waals surface area contributed by atoms with Crippen LogP contribution in [0.4, 0.5) is 0 Å². The Bertz CT molecular complexity index is 1750. The second-order valence-corrected chi connectivity index (χ2v) is 20.0. The molecule has 0 spiro atoms. The van der Waals surface area contributed by atoms with Gasteiger partial charge in [-0.1, -0.05) is 78.0 Å². The van der Waals surface area contributed by atoms with Gasteiger partial charge in [0, 0.05) is 58.5 Å². The Morgan fingerprint density at radius 1 is 0.846 bits per heavy atom. The Morgan fingerprint density at radius 3 is 2.25 bits per heavy atom. The average molecular weight is 912 g/mol. The van der Waals surface area contributed by atoms with Gasteiger partial charge in [0.2, 0.25) is 5.79 Å². The molecule has 1 amide bonds. The number of Topliss-reactive ketones (excluding diaryl/α,β-unsaturated/α-hetero) is 3. The maximum atomic E-state index is 14.4. The molecule has 0 aromatic rings. The summed E-state index contributed by atoms with van der Waals surface area (Å²) < 4.78 is 29.7. The van der Waals surface area contributed by atoms with Crippen LogP contribution in [0.3, 0.4) is 0 Å². The zero-order valence-corrected chi connectivity index (χ0v) is 41.2. The maximum absolute atomic E-state index is 14.4. The summed E-state index contributed by atoms with van der Waals surface area (Å²) in [7, 11) is 4.70. The van der Waals surface area contributed by atoms with Crippen molar-refractivity contribution in [2.45, 2.75) is 181 Å². The van der Waals surface area contributed by atoms with E-state index in [1.165, 1.54) is 12.0 Å². The van der Waals surface area contributed by atoms with E-state index in [9.17, 15) is 34.2 Å². The third kappa shape index (κ3) is 14.3. The van der Waals surface area contributed by atoms with Gasteiger partial charge >= 0.3 is 5.97 Å². The molecule has 1 saturated carbocycles. The number of ketones is 3. The van der Waals surface area contributed by atoms with E-state index in [4.69, 9.17) is 23.7 Å². The minimum absolute atomic E-state index is 0.0304. The number of piperidine rings is 1. The number of cyclic esters (lactones) is 1. The normalized spacial score (nSPS) is 40.4. The lowest BCUT2D eigenvalue weighted by atomic mass is 9.76. The topological polar surface area (TPSA) is 175 Å². The van der Waals surface area contributed by atoms with Crippen molar-refractivity contribution in [2.75, 3.05) is 27.9 Å². The van der Waals surface area contributed by atoms with Crippen molar-refractivity contribution < 1.29 is 57.9 Å². The van der Waals surface area contributed by atoms with E-state index in [0.29, 0.717) is 56.4 Å². The number of amides is 1. The van der Waals surface area contributed by atoms with Crippen LogP contribution in [0.2, 0.25) is 0 Å². The summed E-state index contributed by atoms with van der Waals surface area (Å²) in [5, 5.41) is 23.4. The van der Waals surface area contributed by atoms with Crippen LogP contribution < -0.4 is 0 Å². The molecular formula is C52H81NO12. The van der Waals surface area contributed by atoms with Crippen molar-refractivity contribution in [1.82, 2.24) is 4.90 Å². The average Bonchev–Trinajstić information content (AvgIpc) is 3.28. The van der Waals surface area contributed by atoms with E-state index in [0.717, 1.165) is 24.8 Å². The number of allylic oxidation sites excluding steroid dienone is 6. The lowest BCUT2D eigenvalue weighted by Crippen LogP contribution is -2.61. The summed E-state index contributed by atoms with van der Waals surface area (Å²) in [6.45, 7) is 15.1. The number of esters is 1. The number of rotatable bonds is 6. The molecule has 3 unspecified atom stereocenters. The summed E-state index contributed by atoms with van der Waals surface area (Å²) in [5.41, 5.74) is 1.30. The molecule has 15 atom stereocenters. The first-order chi connectivity index (χ1) is 30.7. The Morgan fingerprint density at radius 2 is 1.57 bits per heavy atom. The minimum Gasteiger partial charge on any atom is -0.460 e. The molecule has 2 N–H and O–H groups in total. The lowest BCUT2D eigenvalue weighted by Gasteiger charge is -2.42. The van der Waals surface area contributed by atoms with Crippen LogP contribution in [0.25, 0.3) is 0 Å². The van der Waals surface area contributed by atoms with Crippen molar-refractivity contribution >= 4 is 29.2 Å². The molecule has 4 aliphatic rings. The van der Waals surface area contributed by atoms with Gasteiger partial charge in [0.15, 0.2) is 5.78 Å². The highest BCUT2D eigenvalue weighted by Crippen LogP contribution is 2.38. The Hall–Kier alpha value is -3.33. The molecule has 3 fully saturated rings. The smallest absolute Gasteiger partial charge is 0.329 e. The van der Waals surface area contributed by atoms with Gasteiger partial charge in [0.1, 0.15) is 30.1 Å². The molecule has 3 aliphatic heterocycles. The van der Waals surface area contributed by atoms with E-state index in [2.05, 4.69) is 6.92 Å². The third-order valence-electron chi connectivity index (χ3n) is 14.8. The molecule has 13 nitrogen and oxygen atoms in total. The molecule has 65 heavy (non-hydrogen) atoms. The molecule has 0 radical (unpaired) electrons. The first-order valence-corrected chi connectivity index (χ1v) is 24.2. The zero-order valence-electron chi connectivity index (χ0n) is 41.2. The van der Waals surface area contributed by atoms with Gasteiger partial charge in [-0.15, -0.1) is 0 Å². The summed E-state index contributed by atoms with van der Waals surface area (Å²) >= 11 is 0. The van der Waals surface area contributed by atoms with Gasteiger partial charge < -0.3 is 38.8 Å². The molecule has 3 heterocycles. The van der Waals surface area contributed by atoms with Crippen LogP contribution in [-0.4, -0.2) is 121 Å². The van der Waals surface area contributed by atoms with Gasteiger partial charge in [0.25, 0.3) is 11.7 Å². The fraction of sp³-hybridized carbons (Fsp3) is 0.750. The lowest BCUT2D eigenvalue weighted by molar-refractivity contribution is -0.265. The van der Waals surface area contributed by atoms with Crippen LogP contribution in [0, 0.1) is 41.4 Å². The van der Waals surface area contributed by atoms with Gasteiger partial charge in [-0.3, -0.25) is 19.2 Å². The van der Waals surface area contributed by atoms with Crippen LogP contribution in [-0.2, 0) is 47.7 Å². The highest BCUT2D eigenvalue weighted by molar-refractivity contribution is 6.39. The van der Waals surface area contributed by atoms with Crippen molar-refractivity contribution in [3.05, 3.63) is 47.6 Å². The quantitative estimate of drug-likeness (QED) is 0.153. The van der Waals surface area contributed by atoms with Crippen molar-refractivity contribution in [2.24, 2.45) is 41.4 Å². The van der Waals surface area contributed by atoms with Gasteiger partial charge in [-0.25, -0.2) is 4.79 Å². The molecule has 0 aromatic carbocycles. The molecule has 1 aliphatic carbocycles. The summed E-state index contributed by atoms with van der Waals surface area (Å²) in [6, 6.07) is -1.11. The SMILES string of the molecule is COC1C(=O)C(C)C[C@H](C)/C=C/C=C/C=C(\C)[C@@H](OC)C[C@@H]2CC[C@@H](C)[C@@](O)(O2)C(=O)C(=O)N2CCCCC2C(=O)O[C@H]([C@H](C)C[C@@H]2CC[C@@H](C)[C@H](OC)C2)CC(=O)[C@H](C)/C=C(\C)[C@H]1O. The van der Waals surface area contributed by atoms with E-state index >= 15 is 0 Å². The molecule has 13 heteroatoms. The second-order valence-electron chi connectivity index (χ2n) is 20.0. The van der Waals surface area contributed by atoms with E-state index in [-0.39, 0.29) is 54.8 Å². The minimum atomic E-state index is -2.41. The van der Waals surface area contributed by atoms with Crippen molar-refractivity contribution in [3.63, 3.8) is 0 Å². The predicted molar refractivity (Wildman–Crippen MR) is 248 cm³/mol. The van der Waals surface area contributed by atoms with E-state index in [1.54, 1.807) is 41.1 Å². The van der Waals surface area contributed by atoms with Crippen molar-refractivity contribution in [3.8, 4) is 0 Å². The largest absolute Gasteiger partial charge is 0.460 e. The van der Waals surface area contributed by atoms with Gasteiger partial charge in [-0.05, 0) is 113 Å². The molecule has 2 saturated heterocycles. The number of fused-ring (bicyclic) bond motifs is 3. The summed E-state index contributed by atoms with van der Waals surface area (Å²) in [6.07, 6.45) is 13.6. The van der Waals surface area contributed by atoms with E-state index in [1.807, 2.05) is 58.1 Å². The Kier molecular flexibility index (Phi) is 21.0. The number of aliphatic hydroxyl groups is 2. The first kappa shape index (κ1) is 54.3. The van der Waals surface area contributed by atoms with Crippen molar-refractivity contribution in [1.29, 1.82) is 0 Å². The number of nitrogens with zero attached hydrogens (tertiary/aromatic N) is 1. The number of aliphatic hydroxyl groups excluding tert-OH is 1. The van der Waals surface area contributed by atoms with Crippen LogP contribution in [0.1, 0.15) is 132 Å². The molecule has 2 bridgehead atoms. The number of carbonyl (C=O) groups excluding carboxylic acids is 5. The highest BCUT2D eigenvalue weighted by atomic mass is 16.6. The van der Waals surface area contributed by atoms with Crippen LogP contribution >= 0.6 is 0 Å². The second kappa shape index (κ2) is 25.2. The number of methoxy groups -OCH3 is 3. The van der Waals surface area contributed by atoms with Gasteiger partial charge in [0.05, 0.1) is 18.3 Å². The predicted octanol–water partition coefficient (Wildman–Crippen LogP) is 7.46. The molecule has 0 aromatic heterocycles. The number of hydrogen-bond donors (Lipinski definition) is 2. The number of ether oxygens (including phenoxy) is 5. The molecule has 4 rings (SSSR count).